The molecule has 0 spiro atoms. The van der Waals surface area contributed by atoms with E-state index in [1.165, 1.54) is 0 Å². The van der Waals surface area contributed by atoms with Gasteiger partial charge in [-0.2, -0.15) is 74.6 Å². The third-order valence-electron chi connectivity index (χ3n) is 2.75. The van der Waals surface area contributed by atoms with Crippen molar-refractivity contribution in [3.8, 4) is 0 Å². The molecule has 0 radical (unpaired) electrons. The van der Waals surface area contributed by atoms with Gasteiger partial charge in [0.05, 0.1) is 0 Å². The third kappa shape index (κ3) is 2.97. The van der Waals surface area contributed by atoms with Crippen molar-refractivity contribution >= 4 is 9.24 Å². The van der Waals surface area contributed by atoms with Gasteiger partial charge in [0.1, 0.15) is 0 Å². The van der Waals surface area contributed by atoms with Crippen molar-refractivity contribution in [3.05, 3.63) is 0 Å². The molecule has 0 aromatic carbocycles. The van der Waals surface area contributed by atoms with Crippen LogP contribution < -0.4 is 0 Å². The average molecular weight is 452 g/mol. The van der Waals surface area contributed by atoms with E-state index in [4.69, 9.17) is 0 Å². The van der Waals surface area contributed by atoms with Crippen LogP contribution in [-0.4, -0.2) is 47.4 Å². The SMILES string of the molecule is FC(F)(F)C(F)(F)C(F)(F)C(F)(F)C(F)(F)C(F)(F)C(F)(F)C(F)(F)P. The Morgan fingerprint density at radius 1 is 0.308 bits per heavy atom. The lowest BCUT2D eigenvalue weighted by Gasteiger charge is -2.42. The van der Waals surface area contributed by atoms with Gasteiger partial charge in [-0.3, -0.25) is 0 Å². The average Bonchev–Trinajstić information content (AvgIpc) is 2.34. The molecule has 0 aliphatic rings. The molecule has 0 rings (SSSR count). The molecule has 0 nitrogen and oxygen atoms in total. The summed E-state index contributed by atoms with van der Waals surface area (Å²) in [6.07, 6.45) is -7.74. The zero-order valence-electron chi connectivity index (χ0n) is 11.0. The van der Waals surface area contributed by atoms with Crippen LogP contribution in [0.15, 0.2) is 0 Å². The monoisotopic (exact) mass is 452 g/mol. The number of alkyl halides is 17. The Labute approximate surface area is 132 Å². The van der Waals surface area contributed by atoms with Gasteiger partial charge in [-0.1, -0.05) is 9.24 Å². The molecule has 18 heteroatoms. The van der Waals surface area contributed by atoms with Crippen molar-refractivity contribution in [2.45, 2.75) is 47.4 Å². The third-order valence-corrected chi connectivity index (χ3v) is 3.11. The molecule has 0 amide bonds. The molecule has 0 bridgehead atoms. The maximum atomic E-state index is 12.9. The standard InChI is InChI=1S/C8H2F17P/c9-1(10,3(13,14)5(17,18)7(21,22)23)2(11,12)4(15,16)6(19,20)8(24,25)26/h26H2. The van der Waals surface area contributed by atoms with Gasteiger partial charge < -0.3 is 0 Å². The van der Waals surface area contributed by atoms with Crippen LogP contribution in [0.1, 0.15) is 0 Å². The van der Waals surface area contributed by atoms with E-state index in [0.717, 1.165) is 0 Å². The van der Waals surface area contributed by atoms with Gasteiger partial charge in [0, 0.05) is 0 Å². The largest absolute Gasteiger partial charge is 0.460 e. The van der Waals surface area contributed by atoms with Crippen molar-refractivity contribution in [2.75, 3.05) is 0 Å². The molecule has 158 valence electrons. The fourth-order valence-electron chi connectivity index (χ4n) is 1.18. The number of halogens is 17. The Hall–Kier alpha value is -0.760. The molecule has 0 aromatic heterocycles. The molecular weight excluding hydrogens is 450 g/mol. The molecule has 0 aliphatic carbocycles. The van der Waals surface area contributed by atoms with Crippen LogP contribution in [-0.2, 0) is 0 Å². The molecule has 0 saturated carbocycles. The fraction of sp³-hybridized carbons (Fsp3) is 1.00. The first-order valence-corrected chi connectivity index (χ1v) is 5.83. The smallest absolute Gasteiger partial charge is 0.195 e. The molecular formula is C8H2F17P. The zero-order valence-corrected chi connectivity index (χ0v) is 12.2. The maximum absolute atomic E-state index is 12.9. The van der Waals surface area contributed by atoms with E-state index in [-0.39, 0.29) is 0 Å². The Morgan fingerprint density at radius 3 is 0.692 bits per heavy atom. The highest BCUT2D eigenvalue weighted by Gasteiger charge is 2.94. The summed E-state index contributed by atoms with van der Waals surface area (Å²) in [4.78, 5) is 0. The summed E-state index contributed by atoms with van der Waals surface area (Å²) in [5, 5.41) is 0. The van der Waals surface area contributed by atoms with Crippen molar-refractivity contribution < 1.29 is 74.6 Å². The number of hydrogen-bond donors (Lipinski definition) is 0. The van der Waals surface area contributed by atoms with Crippen molar-refractivity contribution in [1.29, 1.82) is 0 Å². The van der Waals surface area contributed by atoms with E-state index in [1.54, 1.807) is 0 Å². The molecule has 0 N–H and O–H groups in total. The summed E-state index contributed by atoms with van der Waals surface area (Å²) >= 11 is 0. The van der Waals surface area contributed by atoms with E-state index in [1.807, 2.05) is 0 Å². The van der Waals surface area contributed by atoms with Crippen LogP contribution in [0.2, 0.25) is 0 Å². The van der Waals surface area contributed by atoms with Crippen LogP contribution >= 0.6 is 9.24 Å². The fourth-order valence-corrected chi connectivity index (χ4v) is 1.36. The molecule has 0 saturated heterocycles. The summed E-state index contributed by atoms with van der Waals surface area (Å²) < 4.78 is 212. The Kier molecular flexibility index (Phi) is 5.70. The highest BCUT2D eigenvalue weighted by Crippen LogP contribution is 2.64. The van der Waals surface area contributed by atoms with Gasteiger partial charge in [-0.05, 0) is 0 Å². The molecule has 0 aromatic rings. The summed E-state index contributed by atoms with van der Waals surface area (Å²) in [6, 6.07) is 0. The Bertz CT molecular complexity index is 474. The zero-order chi connectivity index (χ0) is 22.0. The molecule has 0 heterocycles. The highest BCUT2D eigenvalue weighted by molar-refractivity contribution is 7.18. The van der Waals surface area contributed by atoms with E-state index < -0.39 is 56.6 Å². The Balaban J connectivity index is 6.61. The summed E-state index contributed by atoms with van der Waals surface area (Å²) in [6.45, 7) is 0. The van der Waals surface area contributed by atoms with Gasteiger partial charge in [0.15, 0.2) is 0 Å². The van der Waals surface area contributed by atoms with Crippen LogP contribution in [0.4, 0.5) is 74.6 Å². The topological polar surface area (TPSA) is 0 Å². The van der Waals surface area contributed by atoms with Crippen LogP contribution in [0, 0.1) is 0 Å². The van der Waals surface area contributed by atoms with E-state index >= 15 is 0 Å². The minimum absolute atomic E-state index is 0.536. The van der Waals surface area contributed by atoms with Gasteiger partial charge in [0.2, 0.25) is 0 Å². The van der Waals surface area contributed by atoms with E-state index in [2.05, 4.69) is 0 Å². The molecule has 0 fully saturated rings. The van der Waals surface area contributed by atoms with Crippen LogP contribution in [0.25, 0.3) is 0 Å². The van der Waals surface area contributed by atoms with Gasteiger partial charge >= 0.3 is 47.4 Å². The minimum Gasteiger partial charge on any atom is -0.195 e. The predicted octanol–water partition coefficient (Wildman–Crippen LogP) is 5.83. The van der Waals surface area contributed by atoms with Crippen molar-refractivity contribution in [2.24, 2.45) is 0 Å². The van der Waals surface area contributed by atoms with Gasteiger partial charge in [-0.15, -0.1) is 0 Å². The molecule has 1 unspecified atom stereocenters. The summed E-state index contributed by atoms with van der Waals surface area (Å²) in [5.74, 6) is -49.5. The summed E-state index contributed by atoms with van der Waals surface area (Å²) in [5.41, 5.74) is -6.39. The second kappa shape index (κ2) is 5.87. The summed E-state index contributed by atoms with van der Waals surface area (Å²) in [7, 11) is -0.536. The molecule has 0 aliphatic heterocycles. The van der Waals surface area contributed by atoms with Gasteiger partial charge in [-0.25, -0.2) is 0 Å². The Morgan fingerprint density at radius 2 is 0.500 bits per heavy atom. The second-order valence-corrected chi connectivity index (χ2v) is 5.29. The first-order valence-electron chi connectivity index (χ1n) is 5.25. The first kappa shape index (κ1) is 25.2. The number of rotatable bonds is 6. The lowest BCUT2D eigenvalue weighted by molar-refractivity contribution is -0.458. The lowest BCUT2D eigenvalue weighted by Crippen LogP contribution is -2.74. The minimum atomic E-state index is -8.57. The van der Waals surface area contributed by atoms with E-state index in [0.29, 0.717) is 0 Å². The predicted molar refractivity (Wildman–Crippen MR) is 50.4 cm³/mol. The highest BCUT2D eigenvalue weighted by atomic mass is 31.0. The molecule has 1 atom stereocenters. The van der Waals surface area contributed by atoms with Crippen LogP contribution in [0.3, 0.4) is 0 Å². The van der Waals surface area contributed by atoms with Crippen LogP contribution in [0.5, 0.6) is 0 Å². The van der Waals surface area contributed by atoms with Crippen molar-refractivity contribution in [3.63, 3.8) is 0 Å². The van der Waals surface area contributed by atoms with Gasteiger partial charge in [0.25, 0.3) is 0 Å². The van der Waals surface area contributed by atoms with E-state index in [9.17, 15) is 74.6 Å². The number of hydrogen-bond acceptors (Lipinski definition) is 0. The maximum Gasteiger partial charge on any atom is 0.460 e. The first-order chi connectivity index (χ1) is 10.8. The van der Waals surface area contributed by atoms with Crippen molar-refractivity contribution in [1.82, 2.24) is 0 Å². The normalized spacial score (nSPS) is 16.8. The quantitative estimate of drug-likeness (QED) is 0.352. The second-order valence-electron chi connectivity index (χ2n) is 4.57. The molecule has 26 heavy (non-hydrogen) atoms. The lowest BCUT2D eigenvalue weighted by atomic mass is 9.91.